The van der Waals surface area contributed by atoms with Crippen LogP contribution in [0.3, 0.4) is 0 Å². The van der Waals surface area contributed by atoms with Crippen LogP contribution in [0.15, 0.2) is 12.1 Å². The number of hydrogen-bond acceptors (Lipinski definition) is 4. The second kappa shape index (κ2) is 4.17. The Morgan fingerprint density at radius 3 is 2.95 bits per heavy atom. The van der Waals surface area contributed by atoms with Crippen molar-refractivity contribution in [1.29, 1.82) is 0 Å². The highest BCUT2D eigenvalue weighted by Crippen LogP contribution is 2.46. The third-order valence-corrected chi connectivity index (χ3v) is 3.23. The molecule has 6 nitrogen and oxygen atoms in total. The van der Waals surface area contributed by atoms with E-state index in [2.05, 4.69) is 10.2 Å². The summed E-state index contributed by atoms with van der Waals surface area (Å²) in [7, 11) is 0. The SMILES string of the molecule is Cc1cc2c(c(Cl)c1-c1cc(C(=O)O)[nH]n1)OCO2. The van der Waals surface area contributed by atoms with Gasteiger partial charge in [-0.15, -0.1) is 0 Å². The van der Waals surface area contributed by atoms with Crippen LogP contribution < -0.4 is 9.47 Å². The van der Waals surface area contributed by atoms with Gasteiger partial charge in [0.15, 0.2) is 11.5 Å². The van der Waals surface area contributed by atoms with Crippen molar-refractivity contribution in [3.05, 3.63) is 28.4 Å². The van der Waals surface area contributed by atoms with Gasteiger partial charge < -0.3 is 14.6 Å². The molecule has 2 N–H and O–H groups in total. The molecular weight excluding hydrogens is 272 g/mol. The van der Waals surface area contributed by atoms with Crippen molar-refractivity contribution in [2.75, 3.05) is 6.79 Å². The van der Waals surface area contributed by atoms with Crippen molar-refractivity contribution in [3.8, 4) is 22.8 Å². The molecule has 0 amide bonds. The van der Waals surface area contributed by atoms with Crippen LogP contribution in [0.4, 0.5) is 0 Å². The van der Waals surface area contributed by atoms with Gasteiger partial charge in [0, 0.05) is 5.56 Å². The average Bonchev–Trinajstić information content (AvgIpc) is 2.97. The van der Waals surface area contributed by atoms with Gasteiger partial charge in [0.2, 0.25) is 6.79 Å². The molecule has 1 aliphatic rings. The second-order valence-corrected chi connectivity index (χ2v) is 4.47. The number of carbonyl (C=O) groups is 1. The third kappa shape index (κ3) is 1.80. The molecule has 1 aromatic carbocycles. The first-order valence-corrected chi connectivity index (χ1v) is 5.83. The normalized spacial score (nSPS) is 12.7. The van der Waals surface area contributed by atoms with Crippen molar-refractivity contribution in [2.24, 2.45) is 0 Å². The molecule has 0 atom stereocenters. The molecule has 98 valence electrons. The lowest BCUT2D eigenvalue weighted by atomic mass is 10.0. The van der Waals surface area contributed by atoms with E-state index in [4.69, 9.17) is 26.2 Å². The van der Waals surface area contributed by atoms with Gasteiger partial charge in [0.1, 0.15) is 5.69 Å². The van der Waals surface area contributed by atoms with E-state index in [1.54, 1.807) is 6.07 Å². The lowest BCUT2D eigenvalue weighted by molar-refractivity contribution is 0.0690. The average molecular weight is 281 g/mol. The van der Waals surface area contributed by atoms with Crippen LogP contribution in [0.1, 0.15) is 16.1 Å². The summed E-state index contributed by atoms with van der Waals surface area (Å²) in [5, 5.41) is 15.7. The zero-order chi connectivity index (χ0) is 13.6. The number of ether oxygens (including phenoxy) is 2. The monoisotopic (exact) mass is 280 g/mol. The number of fused-ring (bicyclic) bond motifs is 1. The number of nitrogens with one attached hydrogen (secondary N) is 1. The van der Waals surface area contributed by atoms with Gasteiger partial charge in [-0.05, 0) is 24.6 Å². The van der Waals surface area contributed by atoms with E-state index in [0.717, 1.165) is 5.56 Å². The molecule has 0 fully saturated rings. The highest BCUT2D eigenvalue weighted by molar-refractivity contribution is 6.35. The molecule has 0 aliphatic carbocycles. The Kier molecular flexibility index (Phi) is 2.60. The van der Waals surface area contributed by atoms with E-state index >= 15 is 0 Å². The van der Waals surface area contributed by atoms with Crippen molar-refractivity contribution in [1.82, 2.24) is 10.2 Å². The lowest BCUT2D eigenvalue weighted by Crippen LogP contribution is -1.95. The Balaban J connectivity index is 2.16. The van der Waals surface area contributed by atoms with Gasteiger partial charge in [0.25, 0.3) is 0 Å². The predicted molar refractivity (Wildman–Crippen MR) is 66.9 cm³/mol. The fourth-order valence-corrected chi connectivity index (χ4v) is 2.39. The summed E-state index contributed by atoms with van der Waals surface area (Å²) in [6.45, 7) is 1.97. The minimum absolute atomic E-state index is 0.00290. The van der Waals surface area contributed by atoms with Gasteiger partial charge in [0.05, 0.1) is 10.7 Å². The predicted octanol–water partition coefficient (Wildman–Crippen LogP) is 2.47. The number of aromatic nitrogens is 2. The molecule has 1 aliphatic heterocycles. The number of aryl methyl sites for hydroxylation is 1. The van der Waals surface area contributed by atoms with Crippen LogP contribution in [0.5, 0.6) is 11.5 Å². The third-order valence-electron chi connectivity index (χ3n) is 2.87. The van der Waals surface area contributed by atoms with Crippen molar-refractivity contribution >= 4 is 17.6 Å². The van der Waals surface area contributed by atoms with Crippen LogP contribution in [-0.2, 0) is 0 Å². The van der Waals surface area contributed by atoms with Crippen LogP contribution in [0, 0.1) is 6.92 Å². The summed E-state index contributed by atoms with van der Waals surface area (Å²) in [4.78, 5) is 10.9. The smallest absolute Gasteiger partial charge is 0.353 e. The molecule has 0 unspecified atom stereocenters. The number of hydrogen-bond donors (Lipinski definition) is 2. The number of benzene rings is 1. The number of rotatable bonds is 2. The largest absolute Gasteiger partial charge is 0.477 e. The van der Waals surface area contributed by atoms with Gasteiger partial charge in [-0.25, -0.2) is 4.79 Å². The standard InChI is InChI=1S/C12H9ClN2O4/c1-5-2-8-11(19-4-18-8)10(13)9(5)6-3-7(12(16)17)15-14-6/h2-3H,4H2,1H3,(H,14,15)(H,16,17). The molecule has 0 saturated carbocycles. The minimum Gasteiger partial charge on any atom is -0.477 e. The first-order valence-electron chi connectivity index (χ1n) is 5.45. The summed E-state index contributed by atoms with van der Waals surface area (Å²) in [5.41, 5.74) is 1.92. The number of aromatic amines is 1. The molecule has 0 bridgehead atoms. The fraction of sp³-hybridized carbons (Fsp3) is 0.167. The quantitative estimate of drug-likeness (QED) is 0.883. The molecule has 2 aromatic rings. The molecule has 2 heterocycles. The van der Waals surface area contributed by atoms with E-state index in [0.29, 0.717) is 27.8 Å². The van der Waals surface area contributed by atoms with Crippen LogP contribution in [-0.4, -0.2) is 28.1 Å². The highest BCUT2D eigenvalue weighted by Gasteiger charge is 2.24. The van der Waals surface area contributed by atoms with Crippen molar-refractivity contribution < 1.29 is 19.4 Å². The first-order chi connectivity index (χ1) is 9.08. The lowest BCUT2D eigenvalue weighted by Gasteiger charge is -2.08. The Morgan fingerprint density at radius 2 is 2.26 bits per heavy atom. The summed E-state index contributed by atoms with van der Waals surface area (Å²) in [6, 6.07) is 3.22. The van der Waals surface area contributed by atoms with Crippen LogP contribution in [0.2, 0.25) is 5.02 Å². The maximum absolute atomic E-state index is 10.9. The van der Waals surface area contributed by atoms with E-state index < -0.39 is 5.97 Å². The Labute approximate surface area is 112 Å². The van der Waals surface area contributed by atoms with Gasteiger partial charge >= 0.3 is 5.97 Å². The minimum atomic E-state index is -1.08. The topological polar surface area (TPSA) is 84.4 Å². The summed E-state index contributed by atoms with van der Waals surface area (Å²) in [5.74, 6) is -0.0318. The number of aromatic carboxylic acids is 1. The molecule has 19 heavy (non-hydrogen) atoms. The van der Waals surface area contributed by atoms with E-state index in [9.17, 15) is 4.79 Å². The Morgan fingerprint density at radius 1 is 1.47 bits per heavy atom. The summed E-state index contributed by atoms with van der Waals surface area (Å²) in [6.07, 6.45) is 0. The van der Waals surface area contributed by atoms with E-state index in [-0.39, 0.29) is 12.5 Å². The fourth-order valence-electron chi connectivity index (χ4n) is 2.00. The van der Waals surface area contributed by atoms with E-state index in [1.807, 2.05) is 6.92 Å². The summed E-state index contributed by atoms with van der Waals surface area (Å²) < 4.78 is 10.6. The molecule has 1 aromatic heterocycles. The first kappa shape index (κ1) is 11.9. The van der Waals surface area contributed by atoms with Crippen LogP contribution in [0.25, 0.3) is 11.3 Å². The Bertz CT molecular complexity index is 681. The number of H-pyrrole nitrogens is 1. The highest BCUT2D eigenvalue weighted by atomic mass is 35.5. The molecule has 0 saturated heterocycles. The molecule has 0 spiro atoms. The maximum Gasteiger partial charge on any atom is 0.353 e. The summed E-state index contributed by atoms with van der Waals surface area (Å²) >= 11 is 6.28. The van der Waals surface area contributed by atoms with Gasteiger partial charge in [-0.1, -0.05) is 11.6 Å². The van der Waals surface area contributed by atoms with Crippen LogP contribution >= 0.6 is 11.6 Å². The second-order valence-electron chi connectivity index (χ2n) is 4.09. The van der Waals surface area contributed by atoms with E-state index in [1.165, 1.54) is 6.07 Å². The number of carboxylic acid groups (broad SMARTS) is 1. The maximum atomic E-state index is 10.9. The Hall–Kier alpha value is -2.21. The zero-order valence-corrected chi connectivity index (χ0v) is 10.6. The number of nitrogens with zero attached hydrogens (tertiary/aromatic N) is 1. The molecule has 3 rings (SSSR count). The van der Waals surface area contributed by atoms with Gasteiger partial charge in [-0.2, -0.15) is 5.10 Å². The molecule has 0 radical (unpaired) electrons. The molecule has 7 heteroatoms. The number of halogens is 1. The van der Waals surface area contributed by atoms with Gasteiger partial charge in [-0.3, -0.25) is 5.10 Å². The van der Waals surface area contributed by atoms with Crippen molar-refractivity contribution in [3.63, 3.8) is 0 Å². The zero-order valence-electron chi connectivity index (χ0n) is 9.86. The van der Waals surface area contributed by atoms with Crippen molar-refractivity contribution in [2.45, 2.75) is 6.92 Å². The molecular formula is C12H9ClN2O4. The number of carboxylic acids is 1.